The third-order valence-electron chi connectivity index (χ3n) is 3.17. The molecule has 0 unspecified atom stereocenters. The first kappa shape index (κ1) is 10.3. The van der Waals surface area contributed by atoms with E-state index >= 15 is 0 Å². The fraction of sp³-hybridized carbons (Fsp3) is 0. The Morgan fingerprint density at radius 3 is 2.84 bits per heavy atom. The van der Waals surface area contributed by atoms with Gasteiger partial charge < -0.3 is 4.40 Å². The Labute approximate surface area is 110 Å². The molecule has 0 N–H and O–H groups in total. The Hall–Kier alpha value is -2.68. The molecule has 0 fully saturated rings. The van der Waals surface area contributed by atoms with Crippen molar-refractivity contribution >= 4 is 16.6 Å². The van der Waals surface area contributed by atoms with Crippen LogP contribution in [0.4, 0.5) is 0 Å². The number of imidazole rings is 1. The molecule has 3 heteroatoms. The average molecular weight is 244 g/mol. The van der Waals surface area contributed by atoms with Crippen LogP contribution in [0, 0.1) is 6.20 Å². The quantitative estimate of drug-likeness (QED) is 0.514. The molecule has 3 nitrogen and oxygen atoms in total. The molecular formula is C16H10N3. The molecule has 0 saturated carbocycles. The average Bonchev–Trinajstić information content (AvgIpc) is 2.90. The highest BCUT2D eigenvalue weighted by atomic mass is 15.0. The number of nitrogens with zero attached hydrogens (tertiary/aromatic N) is 3. The number of rotatable bonds is 1. The van der Waals surface area contributed by atoms with Crippen LogP contribution in [0.15, 0.2) is 60.9 Å². The summed E-state index contributed by atoms with van der Waals surface area (Å²) < 4.78 is 2.00. The van der Waals surface area contributed by atoms with Crippen LogP contribution < -0.4 is 0 Å². The SMILES string of the molecule is [c]1nc2ccccc2cc1-c1cn2ccccc2n1. The van der Waals surface area contributed by atoms with Crippen LogP contribution in [0.3, 0.4) is 0 Å². The van der Waals surface area contributed by atoms with Crippen molar-refractivity contribution in [3.63, 3.8) is 0 Å². The van der Waals surface area contributed by atoms with Crippen molar-refractivity contribution in [3.05, 3.63) is 67.1 Å². The zero-order valence-electron chi connectivity index (χ0n) is 10.1. The fourth-order valence-corrected chi connectivity index (χ4v) is 2.22. The van der Waals surface area contributed by atoms with Gasteiger partial charge in [-0.3, -0.25) is 0 Å². The first-order chi connectivity index (χ1) is 9.40. The number of hydrogen-bond donors (Lipinski definition) is 0. The van der Waals surface area contributed by atoms with Gasteiger partial charge in [-0.05, 0) is 24.3 Å². The van der Waals surface area contributed by atoms with Gasteiger partial charge in [0.2, 0.25) is 0 Å². The lowest BCUT2D eigenvalue weighted by molar-refractivity contribution is 1.19. The monoisotopic (exact) mass is 244 g/mol. The van der Waals surface area contributed by atoms with Gasteiger partial charge in [0, 0.05) is 23.3 Å². The highest BCUT2D eigenvalue weighted by Gasteiger charge is 2.05. The molecule has 3 heterocycles. The zero-order valence-corrected chi connectivity index (χ0v) is 10.1. The lowest BCUT2D eigenvalue weighted by atomic mass is 10.1. The van der Waals surface area contributed by atoms with Gasteiger partial charge in [0.15, 0.2) is 0 Å². The largest absolute Gasteiger partial charge is 0.306 e. The summed E-state index contributed by atoms with van der Waals surface area (Å²) in [5.41, 5.74) is 3.70. The Morgan fingerprint density at radius 1 is 1.00 bits per heavy atom. The van der Waals surface area contributed by atoms with Crippen LogP contribution in [0.2, 0.25) is 0 Å². The molecule has 3 aromatic heterocycles. The second-order valence-corrected chi connectivity index (χ2v) is 4.43. The number of fused-ring (bicyclic) bond motifs is 2. The van der Waals surface area contributed by atoms with E-state index in [0.29, 0.717) is 0 Å². The third-order valence-corrected chi connectivity index (χ3v) is 3.17. The first-order valence-electron chi connectivity index (χ1n) is 6.12. The molecule has 0 aliphatic carbocycles. The Morgan fingerprint density at radius 2 is 1.89 bits per heavy atom. The van der Waals surface area contributed by atoms with Crippen LogP contribution in [-0.2, 0) is 0 Å². The normalized spacial score (nSPS) is 11.2. The molecule has 19 heavy (non-hydrogen) atoms. The highest BCUT2D eigenvalue weighted by Crippen LogP contribution is 2.21. The molecule has 0 saturated heterocycles. The van der Waals surface area contributed by atoms with Gasteiger partial charge in [0.1, 0.15) is 5.65 Å². The number of para-hydroxylation sites is 1. The van der Waals surface area contributed by atoms with Crippen LogP contribution in [0.25, 0.3) is 27.8 Å². The van der Waals surface area contributed by atoms with Crippen molar-refractivity contribution in [1.82, 2.24) is 14.4 Å². The summed E-state index contributed by atoms with van der Waals surface area (Å²) in [4.78, 5) is 8.93. The van der Waals surface area contributed by atoms with Gasteiger partial charge in [-0.15, -0.1) is 0 Å². The van der Waals surface area contributed by atoms with E-state index in [0.717, 1.165) is 27.8 Å². The zero-order chi connectivity index (χ0) is 12.7. The Balaban J connectivity index is 1.93. The van der Waals surface area contributed by atoms with E-state index in [1.165, 1.54) is 0 Å². The van der Waals surface area contributed by atoms with Crippen LogP contribution in [0.1, 0.15) is 0 Å². The van der Waals surface area contributed by atoms with Gasteiger partial charge in [-0.2, -0.15) is 0 Å². The number of aromatic nitrogens is 3. The minimum absolute atomic E-state index is 0.893. The molecule has 0 spiro atoms. The maximum absolute atomic E-state index is 4.58. The predicted octanol–water partition coefficient (Wildman–Crippen LogP) is 3.35. The molecule has 0 atom stereocenters. The van der Waals surface area contributed by atoms with E-state index in [9.17, 15) is 0 Å². The second kappa shape index (κ2) is 3.92. The first-order valence-corrected chi connectivity index (χ1v) is 6.12. The molecule has 4 rings (SSSR count). The van der Waals surface area contributed by atoms with E-state index in [1.807, 2.05) is 53.2 Å². The molecule has 4 aromatic rings. The topological polar surface area (TPSA) is 30.2 Å². The van der Waals surface area contributed by atoms with Gasteiger partial charge in [0.05, 0.1) is 17.4 Å². The van der Waals surface area contributed by atoms with Crippen molar-refractivity contribution in [3.8, 4) is 11.3 Å². The summed E-state index contributed by atoms with van der Waals surface area (Å²) in [6.45, 7) is 0. The van der Waals surface area contributed by atoms with Crippen molar-refractivity contribution < 1.29 is 0 Å². The van der Waals surface area contributed by atoms with Crippen LogP contribution >= 0.6 is 0 Å². The third kappa shape index (κ3) is 1.67. The minimum Gasteiger partial charge on any atom is -0.306 e. The summed E-state index contributed by atoms with van der Waals surface area (Å²) in [5, 5.41) is 1.10. The van der Waals surface area contributed by atoms with E-state index in [-0.39, 0.29) is 0 Å². The fourth-order valence-electron chi connectivity index (χ4n) is 2.22. The van der Waals surface area contributed by atoms with Crippen molar-refractivity contribution in [2.45, 2.75) is 0 Å². The Kier molecular flexibility index (Phi) is 2.12. The maximum Gasteiger partial charge on any atom is 0.137 e. The van der Waals surface area contributed by atoms with E-state index in [4.69, 9.17) is 0 Å². The van der Waals surface area contributed by atoms with Gasteiger partial charge in [-0.1, -0.05) is 24.3 Å². The highest BCUT2D eigenvalue weighted by molar-refractivity contribution is 5.82. The summed E-state index contributed by atoms with van der Waals surface area (Å²) in [7, 11) is 0. The maximum atomic E-state index is 4.58. The van der Waals surface area contributed by atoms with Crippen molar-refractivity contribution in [2.24, 2.45) is 0 Å². The van der Waals surface area contributed by atoms with Gasteiger partial charge >= 0.3 is 0 Å². The van der Waals surface area contributed by atoms with Crippen molar-refractivity contribution in [2.75, 3.05) is 0 Å². The predicted molar refractivity (Wildman–Crippen MR) is 74.8 cm³/mol. The molecule has 0 aliphatic rings. The number of hydrogen-bond acceptors (Lipinski definition) is 2. The smallest absolute Gasteiger partial charge is 0.137 e. The summed E-state index contributed by atoms with van der Waals surface area (Å²) >= 11 is 0. The standard InChI is InChI=1S/C16H10N3/c1-2-6-14-12(5-1)9-13(10-17-14)15-11-19-8-4-3-7-16(19)18-15/h1-9,11H. The van der Waals surface area contributed by atoms with E-state index in [2.05, 4.69) is 28.3 Å². The van der Waals surface area contributed by atoms with E-state index in [1.54, 1.807) is 0 Å². The number of benzene rings is 1. The molecule has 1 aromatic carbocycles. The summed E-state index contributed by atoms with van der Waals surface area (Å²) in [6, 6.07) is 16.1. The van der Waals surface area contributed by atoms with Crippen molar-refractivity contribution in [1.29, 1.82) is 0 Å². The summed E-state index contributed by atoms with van der Waals surface area (Å²) in [6.07, 6.45) is 7.05. The molecule has 1 radical (unpaired) electrons. The lowest BCUT2D eigenvalue weighted by Crippen LogP contribution is -1.83. The van der Waals surface area contributed by atoms with Gasteiger partial charge in [0.25, 0.3) is 0 Å². The lowest BCUT2D eigenvalue weighted by Gasteiger charge is -1.98. The molecule has 0 bridgehead atoms. The second-order valence-electron chi connectivity index (χ2n) is 4.43. The minimum atomic E-state index is 0.893. The molecular weight excluding hydrogens is 234 g/mol. The van der Waals surface area contributed by atoms with Gasteiger partial charge in [-0.25, -0.2) is 9.97 Å². The molecule has 0 amide bonds. The number of pyridine rings is 2. The summed E-state index contributed by atoms with van der Waals surface area (Å²) in [5.74, 6) is 0. The van der Waals surface area contributed by atoms with Crippen LogP contribution in [0.5, 0.6) is 0 Å². The molecule has 0 aliphatic heterocycles. The Bertz CT molecular complexity index is 844. The van der Waals surface area contributed by atoms with E-state index < -0.39 is 0 Å². The van der Waals surface area contributed by atoms with Crippen LogP contribution in [-0.4, -0.2) is 14.4 Å². The molecule has 89 valence electrons.